The van der Waals surface area contributed by atoms with Crippen LogP contribution in [0.5, 0.6) is 11.5 Å². The molecule has 10 nitrogen and oxygen atoms in total. The highest BCUT2D eigenvalue weighted by atomic mass is 16.6. The first-order valence-corrected chi connectivity index (χ1v) is 16.7. The van der Waals surface area contributed by atoms with E-state index in [0.29, 0.717) is 46.1 Å². The van der Waals surface area contributed by atoms with Crippen molar-refractivity contribution in [1.82, 2.24) is 14.9 Å². The van der Waals surface area contributed by atoms with Gasteiger partial charge in [0.05, 0.1) is 65.4 Å². The lowest BCUT2D eigenvalue weighted by molar-refractivity contribution is -0.100. The molecule has 0 saturated carbocycles. The fourth-order valence-electron chi connectivity index (χ4n) is 5.71. The number of carbonyl (C=O) groups is 1. The molecule has 0 spiro atoms. The van der Waals surface area contributed by atoms with Gasteiger partial charge in [-0.25, -0.2) is 4.79 Å². The molecule has 49 heavy (non-hydrogen) atoms. The molecule has 260 valence electrons. The van der Waals surface area contributed by atoms with Crippen LogP contribution >= 0.6 is 0 Å². The number of ether oxygens (including phenoxy) is 6. The fourth-order valence-corrected chi connectivity index (χ4v) is 5.71. The van der Waals surface area contributed by atoms with Crippen molar-refractivity contribution in [3.8, 4) is 11.5 Å². The van der Waals surface area contributed by atoms with Crippen LogP contribution in [0, 0.1) is 0 Å². The number of carbonyl (C=O) groups excluding carboxylic acids is 1. The summed E-state index contributed by atoms with van der Waals surface area (Å²) in [5.41, 5.74) is 3.30. The zero-order valence-corrected chi connectivity index (χ0v) is 28.8. The number of hydrogen-bond acceptors (Lipinski definition) is 9. The van der Waals surface area contributed by atoms with Gasteiger partial charge in [0.25, 0.3) is 0 Å². The van der Waals surface area contributed by atoms with E-state index in [0.717, 1.165) is 40.2 Å². The van der Waals surface area contributed by atoms with Crippen LogP contribution in [0.3, 0.4) is 0 Å². The predicted octanol–water partition coefficient (Wildman–Crippen LogP) is 6.98. The molecule has 1 aliphatic rings. The minimum atomic E-state index is -0.635. The maximum atomic E-state index is 13.3. The van der Waals surface area contributed by atoms with Crippen molar-refractivity contribution in [3.63, 3.8) is 0 Å². The number of amides is 1. The highest BCUT2D eigenvalue weighted by molar-refractivity contribution is 5.68. The van der Waals surface area contributed by atoms with Crippen molar-refractivity contribution in [2.75, 3.05) is 33.4 Å². The molecule has 0 aliphatic carbocycles. The topological polar surface area (TPSA) is 101 Å². The van der Waals surface area contributed by atoms with E-state index in [-0.39, 0.29) is 18.1 Å². The number of hydrogen-bond donors (Lipinski definition) is 0. The average Bonchev–Trinajstić information content (AvgIpc) is 3.11. The molecule has 10 heteroatoms. The van der Waals surface area contributed by atoms with Crippen LogP contribution in [0.2, 0.25) is 0 Å². The Kier molecular flexibility index (Phi) is 13.0. The van der Waals surface area contributed by atoms with Crippen molar-refractivity contribution in [2.24, 2.45) is 0 Å². The first-order chi connectivity index (χ1) is 23.8. The van der Waals surface area contributed by atoms with Crippen molar-refractivity contribution in [3.05, 3.63) is 120 Å². The van der Waals surface area contributed by atoms with Crippen molar-refractivity contribution >= 4 is 6.09 Å². The van der Waals surface area contributed by atoms with Gasteiger partial charge in [-0.3, -0.25) is 9.97 Å². The third-order valence-corrected chi connectivity index (χ3v) is 8.04. The second kappa shape index (κ2) is 17.8. The number of pyridine rings is 2. The lowest BCUT2D eigenvalue weighted by Gasteiger charge is -2.43. The minimum absolute atomic E-state index is 0.176. The summed E-state index contributed by atoms with van der Waals surface area (Å²) >= 11 is 0. The highest BCUT2D eigenvalue weighted by Crippen LogP contribution is 2.35. The number of aromatic nitrogens is 2. The summed E-state index contributed by atoms with van der Waals surface area (Å²) in [7, 11) is 1.66. The molecular formula is C39H47N3O7. The Balaban J connectivity index is 1.27. The second-order valence-corrected chi connectivity index (χ2v) is 13.0. The molecule has 0 N–H and O–H groups in total. The number of nitrogens with zero attached hydrogens (tertiary/aromatic N) is 3. The molecule has 1 aliphatic heterocycles. The number of rotatable bonds is 15. The van der Waals surface area contributed by atoms with Gasteiger partial charge in [0.15, 0.2) is 0 Å². The van der Waals surface area contributed by atoms with Crippen LogP contribution in [0.1, 0.15) is 55.4 Å². The molecule has 2 aromatic carbocycles. The van der Waals surface area contributed by atoms with Crippen LogP contribution in [0.15, 0.2) is 97.6 Å². The van der Waals surface area contributed by atoms with Gasteiger partial charge in [-0.1, -0.05) is 42.5 Å². The van der Waals surface area contributed by atoms with Crippen LogP contribution in [-0.4, -0.2) is 72.2 Å². The zero-order valence-electron chi connectivity index (χ0n) is 28.8. The third kappa shape index (κ3) is 11.0. The largest absolute Gasteiger partial charge is 0.496 e. The van der Waals surface area contributed by atoms with E-state index >= 15 is 0 Å². The molecule has 5 rings (SSSR count). The van der Waals surface area contributed by atoms with E-state index in [9.17, 15) is 4.79 Å². The number of piperidine rings is 1. The summed E-state index contributed by atoms with van der Waals surface area (Å²) in [5.74, 6) is 1.41. The smallest absolute Gasteiger partial charge is 0.410 e. The summed E-state index contributed by atoms with van der Waals surface area (Å²) in [6.45, 7) is 8.54. The lowest BCUT2D eigenvalue weighted by atomic mass is 9.84. The Bertz CT molecular complexity index is 1510. The summed E-state index contributed by atoms with van der Waals surface area (Å²) in [6.07, 6.45) is 6.63. The van der Waals surface area contributed by atoms with Crippen molar-refractivity contribution in [2.45, 2.75) is 70.7 Å². The molecule has 0 radical (unpaired) electrons. The van der Waals surface area contributed by atoms with E-state index < -0.39 is 11.7 Å². The molecule has 1 saturated heterocycles. The predicted molar refractivity (Wildman–Crippen MR) is 185 cm³/mol. The van der Waals surface area contributed by atoms with Gasteiger partial charge in [0.1, 0.15) is 17.1 Å². The standard InChI is InChI=1S/C39H47N3O7/c1-39(2,3)49-38(43)42-24-35(47-26-29-10-7-18-40-22-29)37(36(25-42)48-27-30-11-8-19-41-23-30)31-14-16-33(17-15-31)46-21-9-20-45-28-32-12-5-6-13-34(32)44-4/h5-8,10-19,22-23,35-37H,9,20-21,24-28H2,1-4H3. The van der Waals surface area contributed by atoms with E-state index in [1.807, 2.05) is 81.4 Å². The van der Waals surface area contributed by atoms with Crippen LogP contribution in [-0.2, 0) is 38.8 Å². The first kappa shape index (κ1) is 35.8. The molecule has 2 unspecified atom stereocenters. The van der Waals surface area contributed by atoms with Gasteiger partial charge in [0.2, 0.25) is 0 Å². The first-order valence-electron chi connectivity index (χ1n) is 16.7. The quantitative estimate of drug-likeness (QED) is 0.124. The molecular weight excluding hydrogens is 622 g/mol. The molecule has 2 aromatic heterocycles. The van der Waals surface area contributed by atoms with Crippen LogP contribution < -0.4 is 9.47 Å². The van der Waals surface area contributed by atoms with Gasteiger partial charge in [-0.05, 0) is 67.8 Å². The third-order valence-electron chi connectivity index (χ3n) is 8.04. The summed E-state index contributed by atoms with van der Waals surface area (Å²) in [6, 6.07) is 23.6. The maximum Gasteiger partial charge on any atom is 0.410 e. The van der Waals surface area contributed by atoms with Crippen LogP contribution in [0.4, 0.5) is 4.79 Å². The Morgan fingerprint density at radius 2 is 1.43 bits per heavy atom. The monoisotopic (exact) mass is 669 g/mol. The second-order valence-electron chi connectivity index (χ2n) is 13.0. The SMILES string of the molecule is COc1ccccc1COCCCOc1ccc(C2C(OCc3cccnc3)CN(C(=O)OC(C)(C)C)CC2OCc2cccnc2)cc1. The van der Waals surface area contributed by atoms with Gasteiger partial charge >= 0.3 is 6.09 Å². The van der Waals surface area contributed by atoms with Gasteiger partial charge in [-0.15, -0.1) is 0 Å². The molecule has 4 aromatic rings. The number of para-hydroxylation sites is 1. The Morgan fingerprint density at radius 3 is 2.00 bits per heavy atom. The number of methoxy groups -OCH3 is 1. The average molecular weight is 670 g/mol. The molecule has 1 fully saturated rings. The normalized spacial score (nSPS) is 17.8. The summed E-state index contributed by atoms with van der Waals surface area (Å²) in [5, 5.41) is 0. The number of benzene rings is 2. The van der Waals surface area contributed by atoms with Gasteiger partial charge in [-0.2, -0.15) is 0 Å². The fraction of sp³-hybridized carbons (Fsp3) is 0.410. The summed E-state index contributed by atoms with van der Waals surface area (Å²) in [4.78, 5) is 23.5. The van der Waals surface area contributed by atoms with E-state index in [4.69, 9.17) is 28.4 Å². The zero-order chi connectivity index (χ0) is 34.5. The molecule has 1 amide bonds. The van der Waals surface area contributed by atoms with Crippen LogP contribution in [0.25, 0.3) is 0 Å². The molecule has 3 heterocycles. The number of likely N-dealkylation sites (tertiary alicyclic amines) is 1. The highest BCUT2D eigenvalue weighted by Gasteiger charge is 2.42. The van der Waals surface area contributed by atoms with Crippen molar-refractivity contribution in [1.29, 1.82) is 0 Å². The Hall–Kier alpha value is -4.51. The Labute approximate surface area is 289 Å². The minimum Gasteiger partial charge on any atom is -0.496 e. The summed E-state index contributed by atoms with van der Waals surface area (Å²) < 4.78 is 36.2. The van der Waals surface area contributed by atoms with Gasteiger partial charge in [0, 0.05) is 42.7 Å². The molecule has 2 atom stereocenters. The lowest BCUT2D eigenvalue weighted by Crippen LogP contribution is -2.55. The van der Waals surface area contributed by atoms with Gasteiger partial charge < -0.3 is 33.3 Å². The van der Waals surface area contributed by atoms with E-state index in [1.165, 1.54) is 0 Å². The van der Waals surface area contributed by atoms with Crippen molar-refractivity contribution < 1.29 is 33.2 Å². The molecule has 0 bridgehead atoms. The van der Waals surface area contributed by atoms with E-state index in [1.54, 1.807) is 36.8 Å². The van der Waals surface area contributed by atoms with E-state index in [2.05, 4.69) is 22.1 Å². The maximum absolute atomic E-state index is 13.3. The Morgan fingerprint density at radius 1 is 0.796 bits per heavy atom.